The molecule has 0 saturated heterocycles. The summed E-state index contributed by atoms with van der Waals surface area (Å²) in [4.78, 5) is 0. The molecule has 0 aliphatic carbocycles. The molecule has 0 saturated carbocycles. The average molecular weight is 320 g/mol. The molecule has 1 nitrogen and oxygen atoms in total. The van der Waals surface area contributed by atoms with E-state index in [4.69, 9.17) is 0 Å². The zero-order valence-electron chi connectivity index (χ0n) is 15.8. The molecule has 0 aliphatic heterocycles. The van der Waals surface area contributed by atoms with Crippen LogP contribution in [0.15, 0.2) is 24.3 Å². The fourth-order valence-electron chi connectivity index (χ4n) is 3.20. The minimum atomic E-state index is -1.29. The molecule has 1 aromatic rings. The SMILES string of the molecule is CCCCCCCCN(C(C)c1ccc(C)cc1)[Si](C)(C)C. The van der Waals surface area contributed by atoms with E-state index < -0.39 is 8.24 Å². The summed E-state index contributed by atoms with van der Waals surface area (Å²) in [5.74, 6) is 0. The Morgan fingerprint density at radius 2 is 1.45 bits per heavy atom. The molecule has 22 heavy (non-hydrogen) atoms. The van der Waals surface area contributed by atoms with E-state index >= 15 is 0 Å². The predicted molar refractivity (Wildman–Crippen MR) is 103 cm³/mol. The molecule has 1 unspecified atom stereocenters. The van der Waals surface area contributed by atoms with Crippen LogP contribution in [0.5, 0.6) is 0 Å². The first-order valence-corrected chi connectivity index (χ1v) is 12.6. The Labute approximate surface area is 140 Å². The number of hydrogen-bond acceptors (Lipinski definition) is 1. The summed E-state index contributed by atoms with van der Waals surface area (Å²) in [7, 11) is -1.29. The molecule has 1 aromatic carbocycles. The lowest BCUT2D eigenvalue weighted by Crippen LogP contribution is -2.47. The molecule has 0 spiro atoms. The maximum atomic E-state index is 2.80. The summed E-state index contributed by atoms with van der Waals surface area (Å²) in [5.41, 5.74) is 2.82. The second kappa shape index (κ2) is 9.52. The van der Waals surface area contributed by atoms with Gasteiger partial charge in [0.2, 0.25) is 0 Å². The van der Waals surface area contributed by atoms with Crippen LogP contribution in [-0.4, -0.2) is 19.3 Å². The van der Waals surface area contributed by atoms with Gasteiger partial charge in [-0.25, -0.2) is 0 Å². The summed E-state index contributed by atoms with van der Waals surface area (Å²) >= 11 is 0. The number of hydrogen-bond donors (Lipinski definition) is 0. The maximum Gasteiger partial charge on any atom is 0.119 e. The average Bonchev–Trinajstić information content (AvgIpc) is 2.45. The minimum absolute atomic E-state index is 0.544. The largest absolute Gasteiger partial charge is 0.318 e. The second-order valence-corrected chi connectivity index (χ2v) is 12.6. The van der Waals surface area contributed by atoms with Crippen molar-refractivity contribution in [3.63, 3.8) is 0 Å². The molecule has 0 radical (unpaired) electrons. The Morgan fingerprint density at radius 1 is 0.909 bits per heavy atom. The molecule has 0 heterocycles. The summed E-state index contributed by atoms with van der Waals surface area (Å²) < 4.78 is 2.80. The van der Waals surface area contributed by atoms with Crippen molar-refractivity contribution >= 4 is 8.24 Å². The highest BCUT2D eigenvalue weighted by molar-refractivity contribution is 6.73. The van der Waals surface area contributed by atoms with Crippen LogP contribution >= 0.6 is 0 Å². The molecule has 0 aromatic heterocycles. The highest BCUT2D eigenvalue weighted by Gasteiger charge is 2.28. The fourth-order valence-corrected chi connectivity index (χ4v) is 5.34. The smallest absolute Gasteiger partial charge is 0.119 e. The van der Waals surface area contributed by atoms with Crippen LogP contribution in [-0.2, 0) is 0 Å². The zero-order chi connectivity index (χ0) is 16.6. The van der Waals surface area contributed by atoms with Gasteiger partial charge in [0, 0.05) is 6.04 Å². The van der Waals surface area contributed by atoms with Crippen molar-refractivity contribution in [1.29, 1.82) is 0 Å². The highest BCUT2D eigenvalue weighted by Crippen LogP contribution is 2.27. The van der Waals surface area contributed by atoms with Crippen molar-refractivity contribution < 1.29 is 0 Å². The van der Waals surface area contributed by atoms with Gasteiger partial charge >= 0.3 is 0 Å². The van der Waals surface area contributed by atoms with E-state index in [-0.39, 0.29) is 0 Å². The van der Waals surface area contributed by atoms with Crippen LogP contribution in [0.25, 0.3) is 0 Å². The fraction of sp³-hybridized carbons (Fsp3) is 0.700. The maximum absolute atomic E-state index is 2.80. The van der Waals surface area contributed by atoms with Crippen molar-refractivity contribution in [3.8, 4) is 0 Å². The van der Waals surface area contributed by atoms with Crippen LogP contribution in [0.3, 0.4) is 0 Å². The molecule has 0 fully saturated rings. The van der Waals surface area contributed by atoms with Crippen molar-refractivity contribution in [3.05, 3.63) is 35.4 Å². The molecular formula is C20H37NSi. The van der Waals surface area contributed by atoms with Gasteiger partial charge in [0.05, 0.1) is 0 Å². The summed E-state index contributed by atoms with van der Waals surface area (Å²) in [5, 5.41) is 0. The van der Waals surface area contributed by atoms with Gasteiger partial charge in [-0.15, -0.1) is 0 Å². The van der Waals surface area contributed by atoms with Gasteiger partial charge in [-0.2, -0.15) is 0 Å². The van der Waals surface area contributed by atoms with E-state index in [0.717, 1.165) is 0 Å². The van der Waals surface area contributed by atoms with Crippen LogP contribution in [0.1, 0.15) is 69.5 Å². The van der Waals surface area contributed by atoms with E-state index in [1.165, 1.54) is 56.2 Å². The molecule has 1 atom stereocenters. The van der Waals surface area contributed by atoms with Gasteiger partial charge in [-0.3, -0.25) is 0 Å². The van der Waals surface area contributed by atoms with Crippen molar-refractivity contribution in [2.75, 3.05) is 6.54 Å². The Morgan fingerprint density at radius 3 is 2.00 bits per heavy atom. The second-order valence-electron chi connectivity index (χ2n) is 7.72. The van der Waals surface area contributed by atoms with E-state index in [9.17, 15) is 0 Å². The Balaban J connectivity index is 2.58. The Bertz CT molecular complexity index is 405. The van der Waals surface area contributed by atoms with Crippen LogP contribution in [0.4, 0.5) is 0 Å². The van der Waals surface area contributed by atoms with Crippen LogP contribution < -0.4 is 0 Å². The van der Waals surface area contributed by atoms with E-state index in [1.54, 1.807) is 0 Å². The Hall–Kier alpha value is -0.603. The third-order valence-electron chi connectivity index (χ3n) is 4.64. The number of rotatable bonds is 10. The molecule has 0 amide bonds. The van der Waals surface area contributed by atoms with E-state index in [2.05, 4.69) is 69.2 Å². The van der Waals surface area contributed by atoms with Gasteiger partial charge in [-0.05, 0) is 32.4 Å². The molecule has 0 aliphatic rings. The molecule has 126 valence electrons. The predicted octanol–water partition coefficient (Wildman–Crippen LogP) is 6.55. The zero-order valence-corrected chi connectivity index (χ0v) is 16.8. The van der Waals surface area contributed by atoms with Gasteiger partial charge < -0.3 is 4.57 Å². The van der Waals surface area contributed by atoms with Gasteiger partial charge in [0.15, 0.2) is 0 Å². The number of aryl methyl sites for hydroxylation is 1. The third-order valence-corrected chi connectivity index (χ3v) is 6.98. The van der Waals surface area contributed by atoms with Crippen LogP contribution in [0, 0.1) is 6.92 Å². The molecule has 1 rings (SSSR count). The normalized spacial score (nSPS) is 13.6. The van der Waals surface area contributed by atoms with Gasteiger partial charge in [0.1, 0.15) is 8.24 Å². The lowest BCUT2D eigenvalue weighted by atomic mass is 10.1. The summed E-state index contributed by atoms with van der Waals surface area (Å²) in [6, 6.07) is 9.67. The van der Waals surface area contributed by atoms with Crippen molar-refractivity contribution in [2.45, 2.75) is 85.0 Å². The van der Waals surface area contributed by atoms with Gasteiger partial charge in [0.25, 0.3) is 0 Å². The minimum Gasteiger partial charge on any atom is -0.318 e. The first-order valence-electron chi connectivity index (χ1n) is 9.19. The number of benzene rings is 1. The van der Waals surface area contributed by atoms with Crippen LogP contribution in [0.2, 0.25) is 19.6 Å². The summed E-state index contributed by atoms with van der Waals surface area (Å²) in [6.07, 6.45) is 8.30. The first kappa shape index (κ1) is 19.4. The monoisotopic (exact) mass is 319 g/mol. The quantitative estimate of drug-likeness (QED) is 0.349. The number of unbranched alkanes of at least 4 members (excludes halogenated alkanes) is 5. The third kappa shape index (κ3) is 6.66. The lowest BCUT2D eigenvalue weighted by molar-refractivity contribution is 0.330. The topological polar surface area (TPSA) is 3.24 Å². The standard InChI is InChI=1S/C20H37NSi/c1-7-8-9-10-11-12-17-21(22(4,5)6)19(3)20-15-13-18(2)14-16-20/h13-16,19H,7-12,17H2,1-6H3. The van der Waals surface area contributed by atoms with Gasteiger partial charge in [-0.1, -0.05) is 88.5 Å². The Kier molecular flexibility index (Phi) is 8.41. The lowest BCUT2D eigenvalue weighted by Gasteiger charge is -2.39. The van der Waals surface area contributed by atoms with E-state index in [0.29, 0.717) is 6.04 Å². The first-order chi connectivity index (χ1) is 10.4. The van der Waals surface area contributed by atoms with Crippen molar-refractivity contribution in [2.24, 2.45) is 0 Å². The van der Waals surface area contributed by atoms with Crippen molar-refractivity contribution in [1.82, 2.24) is 4.57 Å². The molecule has 2 heteroatoms. The molecule has 0 N–H and O–H groups in total. The van der Waals surface area contributed by atoms with E-state index in [1.807, 2.05) is 0 Å². The molecular weight excluding hydrogens is 282 g/mol. The highest BCUT2D eigenvalue weighted by atomic mass is 28.3. The number of nitrogens with zero attached hydrogens (tertiary/aromatic N) is 1. The summed E-state index contributed by atoms with van der Waals surface area (Å²) in [6.45, 7) is 15.5. The molecule has 0 bridgehead atoms.